The topological polar surface area (TPSA) is 54.0 Å². The van der Waals surface area contributed by atoms with E-state index in [0.717, 1.165) is 30.2 Å². The molecule has 1 unspecified atom stereocenters. The molecule has 4 nitrogen and oxygen atoms in total. The maximum Gasteiger partial charge on any atom is 0.220 e. The number of amides is 1. The average Bonchev–Trinajstić information content (AvgIpc) is 3.24. The van der Waals surface area contributed by atoms with Crippen molar-refractivity contribution in [2.24, 2.45) is 11.8 Å². The zero-order valence-electron chi connectivity index (χ0n) is 15.4. The lowest BCUT2D eigenvalue weighted by atomic mass is 9.84. The Kier molecular flexibility index (Phi) is 8.54. The summed E-state index contributed by atoms with van der Waals surface area (Å²) < 4.78 is 0. The summed E-state index contributed by atoms with van der Waals surface area (Å²) in [6.07, 6.45) is 3.94. The SMILES string of the molecule is Cc1nc(-c2ccc(CCNC(=O)CC(C)C3CCNCC3)s2)cs1.Cl. The van der Waals surface area contributed by atoms with Gasteiger partial charge >= 0.3 is 0 Å². The number of carbonyl (C=O) groups excluding carboxylic acids is 1. The second-order valence-electron chi connectivity index (χ2n) is 6.89. The van der Waals surface area contributed by atoms with E-state index in [0.29, 0.717) is 24.8 Å². The molecule has 144 valence electrons. The molecule has 7 heteroatoms. The Balaban J connectivity index is 0.00000243. The maximum absolute atomic E-state index is 12.2. The van der Waals surface area contributed by atoms with Crippen molar-refractivity contribution in [3.63, 3.8) is 0 Å². The summed E-state index contributed by atoms with van der Waals surface area (Å²) in [5.41, 5.74) is 1.07. The number of hydrogen-bond acceptors (Lipinski definition) is 5. The fourth-order valence-corrected chi connectivity index (χ4v) is 5.05. The van der Waals surface area contributed by atoms with Crippen LogP contribution in [0.5, 0.6) is 0 Å². The van der Waals surface area contributed by atoms with E-state index >= 15 is 0 Å². The number of nitrogens with zero attached hydrogens (tertiary/aromatic N) is 1. The number of hydrogen-bond donors (Lipinski definition) is 2. The van der Waals surface area contributed by atoms with Crippen molar-refractivity contribution in [1.29, 1.82) is 0 Å². The Labute approximate surface area is 170 Å². The number of nitrogens with one attached hydrogen (secondary N) is 2. The van der Waals surface area contributed by atoms with Gasteiger partial charge < -0.3 is 10.6 Å². The van der Waals surface area contributed by atoms with Crippen LogP contribution in [0.4, 0.5) is 0 Å². The van der Waals surface area contributed by atoms with Gasteiger partial charge in [0.25, 0.3) is 0 Å². The highest BCUT2D eigenvalue weighted by Crippen LogP contribution is 2.29. The van der Waals surface area contributed by atoms with Crippen LogP contribution in [0.15, 0.2) is 17.5 Å². The molecule has 0 saturated carbocycles. The molecule has 1 atom stereocenters. The van der Waals surface area contributed by atoms with Crippen LogP contribution < -0.4 is 10.6 Å². The van der Waals surface area contributed by atoms with Gasteiger partial charge in [-0.15, -0.1) is 35.1 Å². The van der Waals surface area contributed by atoms with Crippen LogP contribution in [0.2, 0.25) is 0 Å². The largest absolute Gasteiger partial charge is 0.356 e. The highest BCUT2D eigenvalue weighted by atomic mass is 35.5. The molecule has 0 aromatic carbocycles. The van der Waals surface area contributed by atoms with Crippen LogP contribution >= 0.6 is 35.1 Å². The molecule has 1 saturated heterocycles. The third kappa shape index (κ3) is 6.05. The number of rotatable bonds is 7. The second kappa shape index (κ2) is 10.4. The van der Waals surface area contributed by atoms with Crippen molar-refractivity contribution in [3.05, 3.63) is 27.4 Å². The summed E-state index contributed by atoms with van der Waals surface area (Å²) in [4.78, 5) is 19.2. The standard InChI is InChI=1S/C19H27N3OS2.ClH/c1-13(15-5-8-20-9-6-15)11-19(23)21-10-7-16-3-4-18(25-16)17-12-24-14(2)22-17;/h3-4,12-13,15,20H,5-11H2,1-2H3,(H,21,23);1H. The summed E-state index contributed by atoms with van der Waals surface area (Å²) >= 11 is 3.46. The molecule has 2 aromatic heterocycles. The molecule has 1 fully saturated rings. The van der Waals surface area contributed by atoms with E-state index in [1.807, 2.05) is 6.92 Å². The van der Waals surface area contributed by atoms with Crippen LogP contribution in [0, 0.1) is 18.8 Å². The third-order valence-corrected chi connectivity index (χ3v) is 6.86. The molecule has 1 aliphatic heterocycles. The van der Waals surface area contributed by atoms with Gasteiger partial charge in [0.15, 0.2) is 0 Å². The van der Waals surface area contributed by atoms with Crippen LogP contribution in [0.25, 0.3) is 10.6 Å². The van der Waals surface area contributed by atoms with Gasteiger partial charge in [0.05, 0.1) is 15.6 Å². The first-order chi connectivity index (χ1) is 12.1. The first-order valence-corrected chi connectivity index (χ1v) is 10.8. The van der Waals surface area contributed by atoms with Crippen molar-refractivity contribution in [3.8, 4) is 10.6 Å². The predicted molar refractivity (Wildman–Crippen MR) is 114 cm³/mol. The molecule has 3 heterocycles. The highest BCUT2D eigenvalue weighted by molar-refractivity contribution is 7.16. The van der Waals surface area contributed by atoms with Crippen LogP contribution in [0.1, 0.15) is 36.1 Å². The molecule has 0 bridgehead atoms. The smallest absolute Gasteiger partial charge is 0.220 e. The number of halogens is 1. The minimum absolute atomic E-state index is 0. The lowest BCUT2D eigenvalue weighted by Crippen LogP contribution is -2.33. The summed E-state index contributed by atoms with van der Waals surface area (Å²) in [7, 11) is 0. The third-order valence-electron chi connectivity index (χ3n) is 4.92. The minimum Gasteiger partial charge on any atom is -0.356 e. The highest BCUT2D eigenvalue weighted by Gasteiger charge is 2.21. The number of thiophene rings is 1. The Morgan fingerprint density at radius 3 is 2.85 bits per heavy atom. The normalized spacial score (nSPS) is 16.1. The number of piperidine rings is 1. The lowest BCUT2D eigenvalue weighted by Gasteiger charge is -2.27. The van der Waals surface area contributed by atoms with Gasteiger partial charge in [-0.1, -0.05) is 6.92 Å². The molecule has 26 heavy (non-hydrogen) atoms. The van der Waals surface area contributed by atoms with E-state index < -0.39 is 0 Å². The Hall–Kier alpha value is -0.950. The number of aromatic nitrogens is 1. The maximum atomic E-state index is 12.2. The van der Waals surface area contributed by atoms with Gasteiger partial charge in [0.1, 0.15) is 0 Å². The van der Waals surface area contributed by atoms with Crippen molar-refractivity contribution in [2.75, 3.05) is 19.6 Å². The van der Waals surface area contributed by atoms with Crippen LogP contribution in [-0.4, -0.2) is 30.5 Å². The monoisotopic (exact) mass is 413 g/mol. The van der Waals surface area contributed by atoms with Gasteiger partial charge in [-0.2, -0.15) is 0 Å². The molecule has 0 aliphatic carbocycles. The van der Waals surface area contributed by atoms with Gasteiger partial charge in [-0.3, -0.25) is 4.79 Å². The summed E-state index contributed by atoms with van der Waals surface area (Å²) in [6, 6.07) is 4.29. The van der Waals surface area contributed by atoms with Crippen molar-refractivity contribution < 1.29 is 4.79 Å². The number of carbonyl (C=O) groups is 1. The summed E-state index contributed by atoms with van der Waals surface area (Å²) in [5.74, 6) is 1.36. The van der Waals surface area contributed by atoms with E-state index in [2.05, 4.69) is 40.1 Å². The fourth-order valence-electron chi connectivity index (χ4n) is 3.40. The fraction of sp³-hybridized carbons (Fsp3) is 0.579. The second-order valence-corrected chi connectivity index (χ2v) is 9.12. The molecular weight excluding hydrogens is 386 g/mol. The van der Waals surface area contributed by atoms with Crippen LogP contribution in [0.3, 0.4) is 0 Å². The van der Waals surface area contributed by atoms with Gasteiger partial charge in [0, 0.05) is 23.2 Å². The van der Waals surface area contributed by atoms with E-state index in [1.165, 1.54) is 22.6 Å². The summed E-state index contributed by atoms with van der Waals surface area (Å²) in [6.45, 7) is 7.15. The van der Waals surface area contributed by atoms with Gasteiger partial charge in [-0.05, 0) is 63.2 Å². The van der Waals surface area contributed by atoms with Crippen LogP contribution in [-0.2, 0) is 11.2 Å². The summed E-state index contributed by atoms with van der Waals surface area (Å²) in [5, 5.41) is 9.68. The minimum atomic E-state index is 0. The van der Waals surface area contributed by atoms with E-state index in [4.69, 9.17) is 0 Å². The Morgan fingerprint density at radius 1 is 1.38 bits per heavy atom. The zero-order chi connectivity index (χ0) is 17.6. The first-order valence-electron chi connectivity index (χ1n) is 9.10. The van der Waals surface area contributed by atoms with Gasteiger partial charge in [0.2, 0.25) is 5.91 Å². The van der Waals surface area contributed by atoms with E-state index in [-0.39, 0.29) is 18.3 Å². The molecule has 0 spiro atoms. The molecule has 2 aromatic rings. The molecule has 2 N–H and O–H groups in total. The Morgan fingerprint density at radius 2 is 2.15 bits per heavy atom. The first kappa shape index (κ1) is 21.4. The zero-order valence-corrected chi connectivity index (χ0v) is 17.9. The van der Waals surface area contributed by atoms with Crippen molar-refractivity contribution in [1.82, 2.24) is 15.6 Å². The molecule has 3 rings (SSSR count). The van der Waals surface area contributed by atoms with Crippen molar-refractivity contribution >= 4 is 41.0 Å². The predicted octanol–water partition coefficient (Wildman–Crippen LogP) is 4.29. The quantitative estimate of drug-likeness (QED) is 0.711. The Bertz CT molecular complexity index is 695. The molecule has 1 amide bonds. The lowest BCUT2D eigenvalue weighted by molar-refractivity contribution is -0.122. The molecular formula is C19H28ClN3OS2. The molecule has 1 aliphatic rings. The average molecular weight is 414 g/mol. The van der Waals surface area contributed by atoms with Crippen molar-refractivity contribution in [2.45, 2.75) is 39.5 Å². The molecule has 0 radical (unpaired) electrons. The number of thiazole rings is 1. The number of aryl methyl sites for hydroxylation is 1. The van der Waals surface area contributed by atoms with E-state index in [9.17, 15) is 4.79 Å². The van der Waals surface area contributed by atoms with Gasteiger partial charge in [-0.25, -0.2) is 4.98 Å². The van der Waals surface area contributed by atoms with E-state index in [1.54, 1.807) is 22.7 Å².